The van der Waals surface area contributed by atoms with E-state index in [9.17, 15) is 4.79 Å². The predicted molar refractivity (Wildman–Crippen MR) is 79.9 cm³/mol. The van der Waals surface area contributed by atoms with E-state index in [1.165, 1.54) is 0 Å². The lowest BCUT2D eigenvalue weighted by Gasteiger charge is -2.22. The van der Waals surface area contributed by atoms with E-state index in [1.807, 2.05) is 4.90 Å². The fourth-order valence-electron chi connectivity index (χ4n) is 2.44. The normalized spacial score (nSPS) is 17.0. The van der Waals surface area contributed by atoms with E-state index >= 15 is 0 Å². The number of aliphatic hydroxyl groups is 1. The quantitative estimate of drug-likeness (QED) is 0.819. The molecule has 5 nitrogen and oxygen atoms in total. The molecule has 1 aromatic rings. The second-order valence-corrected chi connectivity index (χ2v) is 5.38. The number of nitrogen functional groups attached to an aromatic ring is 1. The fourth-order valence-corrected chi connectivity index (χ4v) is 2.62. The average molecular weight is 298 g/mol. The van der Waals surface area contributed by atoms with Crippen molar-refractivity contribution in [2.45, 2.75) is 6.42 Å². The number of carbonyl (C=O) groups is 1. The first-order chi connectivity index (χ1) is 9.61. The monoisotopic (exact) mass is 297 g/mol. The van der Waals surface area contributed by atoms with Crippen LogP contribution in [0.5, 0.6) is 0 Å². The van der Waals surface area contributed by atoms with Crippen LogP contribution in [0.25, 0.3) is 0 Å². The molecule has 1 fully saturated rings. The van der Waals surface area contributed by atoms with E-state index in [2.05, 4.69) is 4.90 Å². The van der Waals surface area contributed by atoms with E-state index in [4.69, 9.17) is 22.4 Å². The Morgan fingerprint density at radius 2 is 2.10 bits per heavy atom. The van der Waals surface area contributed by atoms with E-state index in [0.29, 0.717) is 35.9 Å². The van der Waals surface area contributed by atoms with Gasteiger partial charge in [-0.2, -0.15) is 0 Å². The van der Waals surface area contributed by atoms with Gasteiger partial charge in [-0.1, -0.05) is 11.6 Å². The highest BCUT2D eigenvalue weighted by atomic mass is 35.5. The molecule has 1 aliphatic heterocycles. The number of amides is 1. The van der Waals surface area contributed by atoms with Crippen LogP contribution in [-0.2, 0) is 0 Å². The van der Waals surface area contributed by atoms with Crippen molar-refractivity contribution in [3.8, 4) is 0 Å². The minimum atomic E-state index is -0.0509. The van der Waals surface area contributed by atoms with Crippen molar-refractivity contribution in [1.29, 1.82) is 0 Å². The van der Waals surface area contributed by atoms with Crippen LogP contribution in [0.4, 0.5) is 5.69 Å². The zero-order chi connectivity index (χ0) is 14.5. The SMILES string of the molecule is Nc1cc(Cl)ccc1C(=O)N1CCCN(CCO)CC1. The Labute approximate surface area is 123 Å². The molecule has 0 saturated carbocycles. The third-order valence-corrected chi connectivity index (χ3v) is 3.77. The number of β-amino-alcohol motifs (C(OH)–C–C–N with tert-alkyl or cyclic N) is 1. The molecule has 20 heavy (non-hydrogen) atoms. The van der Waals surface area contributed by atoms with E-state index in [0.717, 1.165) is 19.5 Å². The van der Waals surface area contributed by atoms with E-state index in [1.54, 1.807) is 18.2 Å². The van der Waals surface area contributed by atoms with Crippen LogP contribution < -0.4 is 5.73 Å². The Balaban J connectivity index is 2.05. The van der Waals surface area contributed by atoms with Gasteiger partial charge in [0, 0.05) is 36.9 Å². The molecule has 1 aromatic carbocycles. The maximum Gasteiger partial charge on any atom is 0.255 e. The second-order valence-electron chi connectivity index (χ2n) is 4.94. The molecule has 1 aliphatic rings. The number of carbonyl (C=O) groups excluding carboxylic acids is 1. The van der Waals surface area contributed by atoms with Gasteiger partial charge in [-0.25, -0.2) is 0 Å². The number of halogens is 1. The number of benzene rings is 1. The van der Waals surface area contributed by atoms with Gasteiger partial charge >= 0.3 is 0 Å². The molecule has 0 unspecified atom stereocenters. The van der Waals surface area contributed by atoms with Crippen molar-refractivity contribution >= 4 is 23.2 Å². The van der Waals surface area contributed by atoms with E-state index in [-0.39, 0.29) is 12.5 Å². The van der Waals surface area contributed by atoms with Crippen LogP contribution in [0, 0.1) is 0 Å². The highest BCUT2D eigenvalue weighted by molar-refractivity contribution is 6.31. The Morgan fingerprint density at radius 1 is 1.30 bits per heavy atom. The number of aliphatic hydroxyl groups excluding tert-OH is 1. The van der Waals surface area contributed by atoms with E-state index < -0.39 is 0 Å². The van der Waals surface area contributed by atoms with Crippen molar-refractivity contribution in [2.75, 3.05) is 45.1 Å². The van der Waals surface area contributed by atoms with Gasteiger partial charge in [0.1, 0.15) is 0 Å². The molecule has 110 valence electrons. The molecule has 0 spiro atoms. The number of nitrogens with zero attached hydrogens (tertiary/aromatic N) is 2. The average Bonchev–Trinajstić information content (AvgIpc) is 2.64. The molecular formula is C14H20ClN3O2. The third kappa shape index (κ3) is 3.62. The van der Waals surface area contributed by atoms with Gasteiger partial charge in [0.25, 0.3) is 5.91 Å². The summed E-state index contributed by atoms with van der Waals surface area (Å²) in [4.78, 5) is 16.5. The van der Waals surface area contributed by atoms with Gasteiger partial charge in [-0.05, 0) is 31.2 Å². The van der Waals surface area contributed by atoms with Crippen LogP contribution in [-0.4, -0.2) is 60.1 Å². The van der Waals surface area contributed by atoms with Gasteiger partial charge in [-0.15, -0.1) is 0 Å². The molecular weight excluding hydrogens is 278 g/mol. The van der Waals surface area contributed by atoms with Crippen LogP contribution in [0.15, 0.2) is 18.2 Å². The highest BCUT2D eigenvalue weighted by Crippen LogP contribution is 2.20. The smallest absolute Gasteiger partial charge is 0.255 e. The van der Waals surface area contributed by atoms with Crippen molar-refractivity contribution in [1.82, 2.24) is 9.80 Å². The second kappa shape index (κ2) is 6.92. The summed E-state index contributed by atoms with van der Waals surface area (Å²) in [5.41, 5.74) is 6.79. The first-order valence-corrected chi connectivity index (χ1v) is 7.17. The Hall–Kier alpha value is -1.30. The van der Waals surface area contributed by atoms with Crippen LogP contribution >= 0.6 is 11.6 Å². The van der Waals surface area contributed by atoms with Crippen molar-refractivity contribution in [3.05, 3.63) is 28.8 Å². The molecule has 3 N–H and O–H groups in total. The summed E-state index contributed by atoms with van der Waals surface area (Å²) in [5, 5.41) is 9.51. The summed E-state index contributed by atoms with van der Waals surface area (Å²) in [6, 6.07) is 4.96. The Morgan fingerprint density at radius 3 is 2.80 bits per heavy atom. The molecule has 0 radical (unpaired) electrons. The minimum absolute atomic E-state index is 0.0509. The summed E-state index contributed by atoms with van der Waals surface area (Å²) in [5.74, 6) is -0.0509. The van der Waals surface area contributed by atoms with Gasteiger partial charge in [0.2, 0.25) is 0 Å². The molecule has 1 amide bonds. The van der Waals surface area contributed by atoms with Crippen molar-refractivity contribution < 1.29 is 9.90 Å². The number of anilines is 1. The first kappa shape index (κ1) is 15.1. The molecule has 0 bridgehead atoms. The topological polar surface area (TPSA) is 69.8 Å². The number of nitrogens with two attached hydrogens (primary N) is 1. The number of hydrogen-bond acceptors (Lipinski definition) is 4. The maximum absolute atomic E-state index is 12.5. The number of hydrogen-bond donors (Lipinski definition) is 2. The molecule has 0 aliphatic carbocycles. The molecule has 1 heterocycles. The van der Waals surface area contributed by atoms with Gasteiger partial charge in [0.05, 0.1) is 12.2 Å². The molecule has 0 aromatic heterocycles. The van der Waals surface area contributed by atoms with Crippen LogP contribution in [0.1, 0.15) is 16.8 Å². The minimum Gasteiger partial charge on any atom is -0.398 e. The molecule has 1 saturated heterocycles. The summed E-state index contributed by atoms with van der Waals surface area (Å²) in [6.45, 7) is 3.85. The predicted octanol–water partition coefficient (Wildman–Crippen LogP) is 1.06. The summed E-state index contributed by atoms with van der Waals surface area (Å²) in [7, 11) is 0. The Bertz CT molecular complexity index is 481. The largest absolute Gasteiger partial charge is 0.398 e. The zero-order valence-electron chi connectivity index (χ0n) is 11.4. The third-order valence-electron chi connectivity index (χ3n) is 3.54. The van der Waals surface area contributed by atoms with Crippen LogP contribution in [0.2, 0.25) is 5.02 Å². The fraction of sp³-hybridized carbons (Fsp3) is 0.500. The molecule has 6 heteroatoms. The van der Waals surface area contributed by atoms with Gasteiger partial charge < -0.3 is 15.7 Å². The zero-order valence-corrected chi connectivity index (χ0v) is 12.1. The summed E-state index contributed by atoms with van der Waals surface area (Å²) >= 11 is 5.85. The lowest BCUT2D eigenvalue weighted by Crippen LogP contribution is -2.36. The number of rotatable bonds is 3. The van der Waals surface area contributed by atoms with Crippen molar-refractivity contribution in [2.24, 2.45) is 0 Å². The van der Waals surface area contributed by atoms with Crippen LogP contribution in [0.3, 0.4) is 0 Å². The first-order valence-electron chi connectivity index (χ1n) is 6.79. The standard InChI is InChI=1S/C14H20ClN3O2/c15-11-2-3-12(13(16)10-11)14(20)18-5-1-4-17(6-7-18)8-9-19/h2-3,10,19H,1,4-9,16H2. The lowest BCUT2D eigenvalue weighted by atomic mass is 10.1. The van der Waals surface area contributed by atoms with Crippen molar-refractivity contribution in [3.63, 3.8) is 0 Å². The van der Waals surface area contributed by atoms with Gasteiger partial charge in [0.15, 0.2) is 0 Å². The summed E-state index contributed by atoms with van der Waals surface area (Å²) in [6.07, 6.45) is 0.902. The Kier molecular flexibility index (Phi) is 5.23. The van der Waals surface area contributed by atoms with Gasteiger partial charge in [-0.3, -0.25) is 9.69 Å². The highest BCUT2D eigenvalue weighted by Gasteiger charge is 2.21. The molecule has 2 rings (SSSR count). The maximum atomic E-state index is 12.5. The summed E-state index contributed by atoms with van der Waals surface area (Å²) < 4.78 is 0. The molecule has 0 atom stereocenters. The lowest BCUT2D eigenvalue weighted by molar-refractivity contribution is 0.0761.